The summed E-state index contributed by atoms with van der Waals surface area (Å²) < 4.78 is 20.4. The van der Waals surface area contributed by atoms with Crippen LogP contribution in [0.3, 0.4) is 0 Å². The molecule has 6 nitrogen and oxygen atoms in total. The van der Waals surface area contributed by atoms with Gasteiger partial charge in [-0.15, -0.1) is 0 Å². The van der Waals surface area contributed by atoms with Crippen LogP contribution in [-0.2, 0) is 9.53 Å². The number of rotatable bonds is 7. The fourth-order valence-electron chi connectivity index (χ4n) is 2.30. The largest absolute Gasteiger partial charge is 0.493 e. The Morgan fingerprint density at radius 3 is 2.50 bits per heavy atom. The number of carbonyl (C=O) groups is 1. The van der Waals surface area contributed by atoms with Gasteiger partial charge in [0.2, 0.25) is 0 Å². The van der Waals surface area contributed by atoms with Crippen molar-refractivity contribution in [3.63, 3.8) is 0 Å². The van der Waals surface area contributed by atoms with E-state index in [-0.39, 0.29) is 6.61 Å². The summed E-state index contributed by atoms with van der Waals surface area (Å²) in [6, 6.07) is 14.3. The van der Waals surface area contributed by atoms with Crippen LogP contribution in [-0.4, -0.2) is 33.9 Å². The van der Waals surface area contributed by atoms with Gasteiger partial charge >= 0.3 is 5.97 Å². The fraction of sp³-hybridized carbons (Fsp3) is 0.200. The number of allylic oxidation sites excluding steroid dienone is 1. The highest BCUT2D eigenvalue weighted by atomic mass is 16.6. The van der Waals surface area contributed by atoms with E-state index in [0.717, 1.165) is 5.56 Å². The molecule has 2 aromatic carbocycles. The summed E-state index contributed by atoms with van der Waals surface area (Å²) in [7, 11) is 4.51. The molecular formula is C20H19NO5. The Labute approximate surface area is 152 Å². The first-order valence-electron chi connectivity index (χ1n) is 7.75. The molecule has 0 amide bonds. The van der Waals surface area contributed by atoms with Gasteiger partial charge in [0.25, 0.3) is 0 Å². The second kappa shape index (κ2) is 9.25. The number of ether oxygens (including phenoxy) is 4. The van der Waals surface area contributed by atoms with E-state index in [1.807, 2.05) is 6.07 Å². The Balaban J connectivity index is 2.32. The SMILES string of the molecule is COCC(=O)Oc1cccc(/C=C(/C#N)c2ccc(OC)c(OC)c2)c1. The van der Waals surface area contributed by atoms with Gasteiger partial charge in [0.05, 0.1) is 25.9 Å². The van der Waals surface area contributed by atoms with Gasteiger partial charge in [0.15, 0.2) is 11.5 Å². The molecule has 0 aliphatic carbocycles. The van der Waals surface area contributed by atoms with Crippen molar-refractivity contribution < 1.29 is 23.7 Å². The number of carbonyl (C=O) groups excluding carboxylic acids is 1. The monoisotopic (exact) mass is 353 g/mol. The predicted octanol–water partition coefficient (Wildman–Crippen LogP) is 3.32. The van der Waals surface area contributed by atoms with E-state index in [1.165, 1.54) is 14.2 Å². The first-order valence-corrected chi connectivity index (χ1v) is 7.75. The van der Waals surface area contributed by atoms with Crippen LogP contribution in [0.1, 0.15) is 11.1 Å². The Morgan fingerprint density at radius 2 is 1.85 bits per heavy atom. The maximum Gasteiger partial charge on any atom is 0.337 e. The molecule has 0 saturated carbocycles. The maximum absolute atomic E-state index is 11.5. The molecule has 0 unspecified atom stereocenters. The van der Waals surface area contributed by atoms with E-state index < -0.39 is 5.97 Å². The Hall–Kier alpha value is -3.30. The van der Waals surface area contributed by atoms with Gasteiger partial charge in [-0.1, -0.05) is 12.1 Å². The van der Waals surface area contributed by atoms with Crippen LogP contribution >= 0.6 is 0 Å². The summed E-state index contributed by atoms with van der Waals surface area (Å²) >= 11 is 0. The quantitative estimate of drug-likeness (QED) is 0.329. The van der Waals surface area contributed by atoms with Crippen molar-refractivity contribution in [2.45, 2.75) is 0 Å². The molecule has 0 atom stereocenters. The van der Waals surface area contributed by atoms with E-state index in [0.29, 0.717) is 28.4 Å². The molecule has 0 aliphatic rings. The molecular weight excluding hydrogens is 334 g/mol. The standard InChI is InChI=1S/C20H19NO5/c1-23-13-20(22)26-17-6-4-5-14(10-17)9-16(12-21)15-7-8-18(24-2)19(11-15)25-3/h4-11H,13H2,1-3H3/b16-9-. The van der Waals surface area contributed by atoms with Crippen LogP contribution in [0.5, 0.6) is 17.2 Å². The molecule has 2 rings (SSSR count). The maximum atomic E-state index is 11.5. The third-order valence-electron chi connectivity index (χ3n) is 3.48. The lowest BCUT2D eigenvalue weighted by Gasteiger charge is -2.09. The fourth-order valence-corrected chi connectivity index (χ4v) is 2.30. The minimum Gasteiger partial charge on any atom is -0.493 e. The molecule has 0 aliphatic heterocycles. The Kier molecular flexibility index (Phi) is 6.77. The van der Waals surface area contributed by atoms with Gasteiger partial charge in [-0.25, -0.2) is 4.79 Å². The lowest BCUT2D eigenvalue weighted by Crippen LogP contribution is -2.14. The number of esters is 1. The number of methoxy groups -OCH3 is 3. The minimum absolute atomic E-state index is 0.130. The van der Waals surface area contributed by atoms with Crippen LogP contribution in [0.25, 0.3) is 11.6 Å². The van der Waals surface area contributed by atoms with Crippen LogP contribution in [0, 0.1) is 11.3 Å². The van der Waals surface area contributed by atoms with Crippen molar-refractivity contribution in [3.8, 4) is 23.3 Å². The number of nitriles is 1. The minimum atomic E-state index is -0.492. The van der Waals surface area contributed by atoms with E-state index in [1.54, 1.807) is 49.6 Å². The molecule has 134 valence electrons. The molecule has 0 bridgehead atoms. The topological polar surface area (TPSA) is 77.8 Å². The van der Waals surface area contributed by atoms with Gasteiger partial charge in [-0.3, -0.25) is 0 Å². The van der Waals surface area contributed by atoms with E-state index in [2.05, 4.69) is 6.07 Å². The van der Waals surface area contributed by atoms with E-state index in [9.17, 15) is 10.1 Å². The van der Waals surface area contributed by atoms with Gasteiger partial charge in [-0.2, -0.15) is 5.26 Å². The second-order valence-corrected chi connectivity index (χ2v) is 5.22. The average molecular weight is 353 g/mol. The van der Waals surface area contributed by atoms with Crippen molar-refractivity contribution in [3.05, 3.63) is 53.6 Å². The first kappa shape index (κ1) is 19.0. The summed E-state index contributed by atoms with van der Waals surface area (Å²) in [6.07, 6.45) is 1.70. The summed E-state index contributed by atoms with van der Waals surface area (Å²) in [6.45, 7) is -0.130. The zero-order chi connectivity index (χ0) is 18.9. The molecule has 6 heteroatoms. The molecule has 26 heavy (non-hydrogen) atoms. The highest BCUT2D eigenvalue weighted by Gasteiger charge is 2.09. The highest BCUT2D eigenvalue weighted by molar-refractivity contribution is 5.90. The van der Waals surface area contributed by atoms with Crippen LogP contribution in [0.2, 0.25) is 0 Å². The number of hydrogen-bond donors (Lipinski definition) is 0. The lowest BCUT2D eigenvalue weighted by atomic mass is 10.0. The zero-order valence-electron chi connectivity index (χ0n) is 14.8. The number of benzene rings is 2. The number of hydrogen-bond acceptors (Lipinski definition) is 6. The summed E-state index contributed by atoms with van der Waals surface area (Å²) in [5.41, 5.74) is 1.84. The lowest BCUT2D eigenvalue weighted by molar-refractivity contribution is -0.138. The van der Waals surface area contributed by atoms with Crippen LogP contribution in [0.4, 0.5) is 0 Å². The molecule has 0 spiro atoms. The predicted molar refractivity (Wildman–Crippen MR) is 97.0 cm³/mol. The number of nitrogens with zero attached hydrogens (tertiary/aromatic N) is 1. The van der Waals surface area contributed by atoms with Crippen molar-refractivity contribution in [1.29, 1.82) is 5.26 Å². The summed E-state index contributed by atoms with van der Waals surface area (Å²) in [4.78, 5) is 11.5. The van der Waals surface area contributed by atoms with Gasteiger partial charge in [0.1, 0.15) is 12.4 Å². The van der Waals surface area contributed by atoms with Gasteiger partial charge in [0, 0.05) is 7.11 Å². The molecule has 0 N–H and O–H groups in total. The third-order valence-corrected chi connectivity index (χ3v) is 3.48. The van der Waals surface area contributed by atoms with Crippen molar-refractivity contribution in [2.75, 3.05) is 27.9 Å². The van der Waals surface area contributed by atoms with Crippen molar-refractivity contribution in [2.24, 2.45) is 0 Å². The van der Waals surface area contributed by atoms with Crippen molar-refractivity contribution in [1.82, 2.24) is 0 Å². The molecule has 2 aromatic rings. The van der Waals surface area contributed by atoms with E-state index >= 15 is 0 Å². The summed E-state index contributed by atoms with van der Waals surface area (Å²) in [5.74, 6) is 1.01. The zero-order valence-corrected chi connectivity index (χ0v) is 14.8. The molecule has 0 heterocycles. The summed E-state index contributed by atoms with van der Waals surface area (Å²) in [5, 5.41) is 9.52. The van der Waals surface area contributed by atoms with Crippen molar-refractivity contribution >= 4 is 17.6 Å². The van der Waals surface area contributed by atoms with E-state index in [4.69, 9.17) is 18.9 Å². The Morgan fingerprint density at radius 1 is 1.08 bits per heavy atom. The normalized spacial score (nSPS) is 10.8. The molecule has 0 aromatic heterocycles. The van der Waals surface area contributed by atoms with Crippen LogP contribution in [0.15, 0.2) is 42.5 Å². The average Bonchev–Trinajstić information content (AvgIpc) is 2.66. The highest BCUT2D eigenvalue weighted by Crippen LogP contribution is 2.31. The Bertz CT molecular complexity index is 852. The molecule has 0 radical (unpaired) electrons. The molecule has 0 saturated heterocycles. The van der Waals surface area contributed by atoms with Crippen LogP contribution < -0.4 is 14.2 Å². The third kappa shape index (κ3) is 4.85. The first-order chi connectivity index (χ1) is 12.6. The molecule has 0 fully saturated rings. The smallest absolute Gasteiger partial charge is 0.337 e. The van der Waals surface area contributed by atoms with Gasteiger partial charge < -0.3 is 18.9 Å². The second-order valence-electron chi connectivity index (χ2n) is 5.22. The van der Waals surface area contributed by atoms with Gasteiger partial charge in [-0.05, 0) is 47.5 Å².